The summed E-state index contributed by atoms with van der Waals surface area (Å²) in [6.07, 6.45) is 4.44. The molecule has 0 spiro atoms. The van der Waals surface area contributed by atoms with Gasteiger partial charge in [-0.15, -0.1) is 0 Å². The Morgan fingerprint density at radius 2 is 1.94 bits per heavy atom. The van der Waals surface area contributed by atoms with E-state index in [-0.39, 0.29) is 0 Å². The summed E-state index contributed by atoms with van der Waals surface area (Å²) < 4.78 is 26.4. The van der Waals surface area contributed by atoms with Gasteiger partial charge in [0.1, 0.15) is 10.7 Å². The summed E-state index contributed by atoms with van der Waals surface area (Å²) in [5.41, 5.74) is 0.843. The van der Waals surface area contributed by atoms with Crippen molar-refractivity contribution < 1.29 is 8.42 Å². The molecule has 0 atom stereocenters. The fraction of sp³-hybridized carbons (Fsp3) is 0.583. The van der Waals surface area contributed by atoms with E-state index in [1.54, 1.807) is 17.4 Å². The normalized spacial score (nSPS) is 17.7. The van der Waals surface area contributed by atoms with E-state index < -0.39 is 10.0 Å². The largest absolute Gasteiger partial charge is 0.373 e. The number of sulfonamides is 1. The van der Waals surface area contributed by atoms with Crippen LogP contribution in [0.1, 0.15) is 24.8 Å². The van der Waals surface area contributed by atoms with Crippen LogP contribution in [0.2, 0.25) is 0 Å². The third kappa shape index (κ3) is 2.49. The van der Waals surface area contributed by atoms with Gasteiger partial charge in [-0.1, -0.05) is 6.42 Å². The Morgan fingerprint density at radius 3 is 2.50 bits per heavy atom. The van der Waals surface area contributed by atoms with Crippen molar-refractivity contribution in [3.05, 3.63) is 17.8 Å². The molecule has 5 nitrogen and oxygen atoms in total. The molecule has 0 amide bonds. The van der Waals surface area contributed by atoms with Crippen LogP contribution in [0.3, 0.4) is 0 Å². The first-order chi connectivity index (χ1) is 8.55. The summed E-state index contributed by atoms with van der Waals surface area (Å²) in [5, 5.41) is 2.93. The molecule has 1 aromatic rings. The molecule has 0 bridgehead atoms. The number of nitrogens with one attached hydrogen (secondary N) is 1. The first kappa shape index (κ1) is 13.3. The highest BCUT2D eigenvalue weighted by Crippen LogP contribution is 2.22. The van der Waals surface area contributed by atoms with Gasteiger partial charge in [0, 0.05) is 26.3 Å². The average Bonchev–Trinajstić information content (AvgIpc) is 2.39. The maximum absolute atomic E-state index is 12.4. The minimum atomic E-state index is -3.37. The lowest BCUT2D eigenvalue weighted by Gasteiger charge is -2.25. The number of aryl methyl sites for hydroxylation is 1. The molecule has 2 rings (SSSR count). The monoisotopic (exact) mass is 269 g/mol. The highest BCUT2D eigenvalue weighted by atomic mass is 32.2. The van der Waals surface area contributed by atoms with Crippen molar-refractivity contribution in [3.63, 3.8) is 0 Å². The van der Waals surface area contributed by atoms with E-state index >= 15 is 0 Å². The second-order valence-electron chi connectivity index (χ2n) is 4.55. The van der Waals surface area contributed by atoms with Crippen molar-refractivity contribution in [3.8, 4) is 0 Å². The summed E-state index contributed by atoms with van der Waals surface area (Å²) >= 11 is 0. The third-order valence-electron chi connectivity index (χ3n) is 3.24. The molecule has 0 radical (unpaired) electrons. The summed E-state index contributed by atoms with van der Waals surface area (Å²) in [6.45, 7) is 3.10. The number of aromatic nitrogens is 1. The summed E-state index contributed by atoms with van der Waals surface area (Å²) in [4.78, 5) is 4.43. The molecule has 6 heteroatoms. The average molecular weight is 269 g/mol. The van der Waals surface area contributed by atoms with Crippen molar-refractivity contribution >= 4 is 15.8 Å². The van der Waals surface area contributed by atoms with Gasteiger partial charge in [0.15, 0.2) is 0 Å². The Morgan fingerprint density at radius 1 is 1.28 bits per heavy atom. The minimum absolute atomic E-state index is 0.293. The van der Waals surface area contributed by atoms with Crippen LogP contribution in [0.15, 0.2) is 17.2 Å². The molecule has 1 fully saturated rings. The van der Waals surface area contributed by atoms with Crippen LogP contribution in [-0.2, 0) is 10.0 Å². The first-order valence-corrected chi connectivity index (χ1v) is 7.64. The molecule has 0 unspecified atom stereocenters. The predicted octanol–water partition coefficient (Wildman–Crippen LogP) is 1.61. The number of pyridine rings is 1. The summed E-state index contributed by atoms with van der Waals surface area (Å²) in [6, 6.07) is 1.68. The lowest BCUT2D eigenvalue weighted by atomic mass is 10.2. The van der Waals surface area contributed by atoms with Crippen LogP contribution >= 0.6 is 0 Å². The molecule has 0 saturated carbocycles. The zero-order valence-corrected chi connectivity index (χ0v) is 11.6. The van der Waals surface area contributed by atoms with Crippen LogP contribution < -0.4 is 5.32 Å². The predicted molar refractivity (Wildman–Crippen MR) is 71.1 cm³/mol. The number of nitrogens with zero attached hydrogens (tertiary/aromatic N) is 2. The van der Waals surface area contributed by atoms with Crippen molar-refractivity contribution in [2.45, 2.75) is 31.1 Å². The van der Waals surface area contributed by atoms with Crippen LogP contribution in [0.25, 0.3) is 0 Å². The van der Waals surface area contributed by atoms with E-state index in [0.717, 1.165) is 24.8 Å². The molecule has 18 heavy (non-hydrogen) atoms. The maximum Gasteiger partial charge on any atom is 0.244 e. The van der Waals surface area contributed by atoms with Gasteiger partial charge in [-0.2, -0.15) is 4.31 Å². The zero-order chi connectivity index (χ0) is 13.2. The number of anilines is 1. The van der Waals surface area contributed by atoms with E-state index in [9.17, 15) is 8.42 Å². The highest BCUT2D eigenvalue weighted by molar-refractivity contribution is 7.89. The van der Waals surface area contributed by atoms with Gasteiger partial charge in [0.25, 0.3) is 0 Å². The molecular weight excluding hydrogens is 250 g/mol. The van der Waals surface area contributed by atoms with E-state index in [0.29, 0.717) is 23.8 Å². The molecule has 0 aliphatic carbocycles. The number of hydrogen-bond donors (Lipinski definition) is 1. The summed E-state index contributed by atoms with van der Waals surface area (Å²) in [7, 11) is -1.59. The number of rotatable bonds is 3. The number of piperidine rings is 1. The standard InChI is InChI=1S/C12H19N3O2S/c1-10-8-11(9-14-12(10)13-2)18(16,17)15-6-4-3-5-7-15/h8-9H,3-7H2,1-2H3,(H,13,14). The van der Waals surface area contributed by atoms with E-state index in [1.807, 2.05) is 6.92 Å². The third-order valence-corrected chi connectivity index (χ3v) is 5.11. The van der Waals surface area contributed by atoms with Crippen LogP contribution in [0, 0.1) is 6.92 Å². The van der Waals surface area contributed by atoms with Gasteiger partial charge < -0.3 is 5.32 Å². The Balaban J connectivity index is 2.32. The Hall–Kier alpha value is -1.14. The van der Waals surface area contributed by atoms with Gasteiger partial charge in [-0.3, -0.25) is 0 Å². The lowest BCUT2D eigenvalue weighted by Crippen LogP contribution is -2.35. The molecule has 1 aliphatic heterocycles. The molecule has 1 saturated heterocycles. The number of hydrogen-bond acceptors (Lipinski definition) is 4. The smallest absolute Gasteiger partial charge is 0.244 e. The van der Waals surface area contributed by atoms with E-state index in [4.69, 9.17) is 0 Å². The maximum atomic E-state index is 12.4. The van der Waals surface area contributed by atoms with Gasteiger partial charge in [-0.05, 0) is 31.4 Å². The van der Waals surface area contributed by atoms with Crippen LogP contribution in [-0.4, -0.2) is 37.8 Å². The SMILES string of the molecule is CNc1ncc(S(=O)(=O)N2CCCCC2)cc1C. The molecule has 100 valence electrons. The molecular formula is C12H19N3O2S. The zero-order valence-electron chi connectivity index (χ0n) is 10.8. The topological polar surface area (TPSA) is 62.3 Å². The van der Waals surface area contributed by atoms with E-state index in [1.165, 1.54) is 6.20 Å². The van der Waals surface area contributed by atoms with E-state index in [2.05, 4.69) is 10.3 Å². The Kier molecular flexibility index (Phi) is 3.87. The molecule has 1 aromatic heterocycles. The molecule has 1 aliphatic rings. The lowest BCUT2D eigenvalue weighted by molar-refractivity contribution is 0.346. The first-order valence-electron chi connectivity index (χ1n) is 6.20. The second kappa shape index (κ2) is 5.24. The van der Waals surface area contributed by atoms with Gasteiger partial charge in [-0.25, -0.2) is 13.4 Å². The van der Waals surface area contributed by atoms with Crippen molar-refractivity contribution in [2.24, 2.45) is 0 Å². The van der Waals surface area contributed by atoms with Gasteiger partial charge in [0.05, 0.1) is 0 Å². The fourth-order valence-corrected chi connectivity index (χ4v) is 3.75. The van der Waals surface area contributed by atoms with Gasteiger partial charge >= 0.3 is 0 Å². The fourth-order valence-electron chi connectivity index (χ4n) is 2.21. The van der Waals surface area contributed by atoms with Crippen LogP contribution in [0.5, 0.6) is 0 Å². The van der Waals surface area contributed by atoms with Crippen molar-refractivity contribution in [1.82, 2.24) is 9.29 Å². The Bertz CT molecular complexity index is 522. The molecule has 1 N–H and O–H groups in total. The van der Waals surface area contributed by atoms with Crippen molar-refractivity contribution in [2.75, 3.05) is 25.5 Å². The minimum Gasteiger partial charge on any atom is -0.373 e. The molecule has 0 aromatic carbocycles. The van der Waals surface area contributed by atoms with Crippen molar-refractivity contribution in [1.29, 1.82) is 0 Å². The highest BCUT2D eigenvalue weighted by Gasteiger charge is 2.26. The van der Waals surface area contributed by atoms with Crippen LogP contribution in [0.4, 0.5) is 5.82 Å². The summed E-state index contributed by atoms with van der Waals surface area (Å²) in [5.74, 6) is 0.715. The Labute approximate surface area is 108 Å². The van der Waals surface area contributed by atoms with Gasteiger partial charge in [0.2, 0.25) is 10.0 Å². The quantitative estimate of drug-likeness (QED) is 0.905. The molecule has 2 heterocycles. The second-order valence-corrected chi connectivity index (χ2v) is 6.49.